The summed E-state index contributed by atoms with van der Waals surface area (Å²) in [6, 6.07) is 0. The van der Waals surface area contributed by atoms with Crippen molar-refractivity contribution in [3.05, 3.63) is 11.8 Å². The van der Waals surface area contributed by atoms with Crippen molar-refractivity contribution in [1.29, 1.82) is 0 Å². The van der Waals surface area contributed by atoms with Crippen LogP contribution in [0.1, 0.15) is 5.56 Å². The lowest BCUT2D eigenvalue weighted by atomic mass is 10.3. The third-order valence-electron chi connectivity index (χ3n) is 1.97. The molecule has 0 bridgehead atoms. The molecule has 1 aromatic rings. The summed E-state index contributed by atoms with van der Waals surface area (Å²) in [7, 11) is 0. The molecule has 0 N–H and O–H groups in total. The Morgan fingerprint density at radius 2 is 2.36 bits per heavy atom. The van der Waals surface area contributed by atoms with Gasteiger partial charge in [-0.2, -0.15) is 4.98 Å². The largest absolute Gasteiger partial charge is 0.469 e. The second-order valence-corrected chi connectivity index (χ2v) is 3.90. The average molecular weight is 212 g/mol. The summed E-state index contributed by atoms with van der Waals surface area (Å²) in [5.74, 6) is 0.678. The van der Waals surface area contributed by atoms with Crippen molar-refractivity contribution in [1.82, 2.24) is 9.97 Å². The van der Waals surface area contributed by atoms with Crippen LogP contribution < -0.4 is 4.74 Å². The van der Waals surface area contributed by atoms with Crippen molar-refractivity contribution in [2.45, 2.75) is 18.2 Å². The molecule has 0 saturated carbocycles. The summed E-state index contributed by atoms with van der Waals surface area (Å²) >= 11 is 1.51. The molecule has 76 valence electrons. The van der Waals surface area contributed by atoms with E-state index in [1.165, 1.54) is 11.8 Å². The number of thioether (sulfide) groups is 1. The molecule has 0 amide bonds. The summed E-state index contributed by atoms with van der Waals surface area (Å²) in [6.07, 6.45) is 3.90. The first kappa shape index (κ1) is 9.73. The Balaban J connectivity index is 2.13. The van der Waals surface area contributed by atoms with Crippen LogP contribution >= 0.6 is 11.8 Å². The second kappa shape index (κ2) is 4.14. The average Bonchev–Trinajstić information content (AvgIpc) is 2.14. The Morgan fingerprint density at radius 1 is 1.57 bits per heavy atom. The lowest BCUT2D eigenvalue weighted by Gasteiger charge is -2.26. The number of hydrogen-bond acceptors (Lipinski definition) is 5. The molecule has 1 fully saturated rings. The Labute approximate surface area is 87.0 Å². The number of aryl methyl sites for hydroxylation is 1. The van der Waals surface area contributed by atoms with E-state index >= 15 is 0 Å². The first-order valence-electron chi connectivity index (χ1n) is 4.41. The van der Waals surface area contributed by atoms with E-state index in [0.29, 0.717) is 19.1 Å². The number of nitrogens with zero attached hydrogens (tertiary/aromatic N) is 2. The maximum Gasteiger partial charge on any atom is 0.220 e. The molecule has 14 heavy (non-hydrogen) atoms. The van der Waals surface area contributed by atoms with Crippen molar-refractivity contribution in [3.63, 3.8) is 0 Å². The molecular formula is C9H12N2O2S. The number of hydrogen-bond donors (Lipinski definition) is 0. The van der Waals surface area contributed by atoms with Gasteiger partial charge in [-0.05, 0) is 13.2 Å². The Kier molecular flexibility index (Phi) is 2.88. The summed E-state index contributed by atoms with van der Waals surface area (Å²) in [4.78, 5) is 8.44. The summed E-state index contributed by atoms with van der Waals surface area (Å²) in [5, 5.41) is 0.742. The number of rotatable bonds is 3. The first-order chi connectivity index (χ1) is 6.79. The van der Waals surface area contributed by atoms with Gasteiger partial charge in [-0.15, -0.1) is 0 Å². The van der Waals surface area contributed by atoms with E-state index in [4.69, 9.17) is 9.47 Å². The fraction of sp³-hybridized carbons (Fsp3) is 0.556. The molecule has 0 radical (unpaired) electrons. The lowest BCUT2D eigenvalue weighted by Crippen LogP contribution is -2.39. The molecule has 1 saturated heterocycles. The first-order valence-corrected chi connectivity index (χ1v) is 5.64. The van der Waals surface area contributed by atoms with Crippen LogP contribution in [0.5, 0.6) is 5.88 Å². The van der Waals surface area contributed by atoms with Crippen LogP contribution in [-0.2, 0) is 4.74 Å². The van der Waals surface area contributed by atoms with Crippen molar-refractivity contribution < 1.29 is 9.47 Å². The summed E-state index contributed by atoms with van der Waals surface area (Å²) < 4.78 is 10.7. The lowest BCUT2D eigenvalue weighted by molar-refractivity contribution is -0.0818. The molecule has 0 unspecified atom stereocenters. The molecular weight excluding hydrogens is 200 g/mol. The highest BCUT2D eigenvalue weighted by atomic mass is 32.2. The van der Waals surface area contributed by atoms with E-state index in [9.17, 15) is 0 Å². The highest BCUT2D eigenvalue weighted by Gasteiger charge is 2.21. The van der Waals surface area contributed by atoms with Crippen LogP contribution in [-0.4, -0.2) is 35.5 Å². The molecule has 0 spiro atoms. The molecule has 1 aliphatic rings. The van der Waals surface area contributed by atoms with E-state index < -0.39 is 0 Å². The van der Waals surface area contributed by atoms with Gasteiger partial charge in [0, 0.05) is 11.8 Å². The van der Waals surface area contributed by atoms with Gasteiger partial charge in [-0.3, -0.25) is 0 Å². The standard InChI is InChI=1S/C9H12N2O2S/c1-6-3-10-9(14-2)11-8(6)13-7-4-12-5-7/h3,7H,4-5H2,1-2H3. The SMILES string of the molecule is CSc1ncc(C)c(OC2COC2)n1. The van der Waals surface area contributed by atoms with Crippen molar-refractivity contribution in [2.75, 3.05) is 19.5 Å². The van der Waals surface area contributed by atoms with Gasteiger partial charge >= 0.3 is 0 Å². The van der Waals surface area contributed by atoms with E-state index in [-0.39, 0.29) is 6.10 Å². The zero-order chi connectivity index (χ0) is 9.97. The molecule has 1 aliphatic heterocycles. The maximum atomic E-state index is 5.63. The third kappa shape index (κ3) is 1.99. The van der Waals surface area contributed by atoms with Crippen molar-refractivity contribution >= 4 is 11.8 Å². The molecule has 0 atom stereocenters. The topological polar surface area (TPSA) is 44.2 Å². The zero-order valence-electron chi connectivity index (χ0n) is 8.19. The minimum absolute atomic E-state index is 0.165. The van der Waals surface area contributed by atoms with Gasteiger partial charge < -0.3 is 9.47 Å². The third-order valence-corrected chi connectivity index (χ3v) is 2.53. The predicted octanol–water partition coefficient (Wildman–Crippen LogP) is 1.28. The molecule has 0 aromatic carbocycles. The van der Waals surface area contributed by atoms with Crippen LogP contribution in [0.3, 0.4) is 0 Å². The second-order valence-electron chi connectivity index (χ2n) is 3.12. The molecule has 2 heterocycles. The molecule has 5 heteroatoms. The Bertz CT molecular complexity index is 329. The smallest absolute Gasteiger partial charge is 0.220 e. The summed E-state index contributed by atoms with van der Waals surface area (Å²) in [5.41, 5.74) is 0.967. The minimum Gasteiger partial charge on any atom is -0.469 e. The molecule has 2 rings (SSSR count). The Morgan fingerprint density at radius 3 is 2.93 bits per heavy atom. The summed E-state index contributed by atoms with van der Waals surface area (Å²) in [6.45, 7) is 3.27. The fourth-order valence-electron chi connectivity index (χ4n) is 1.07. The van der Waals surface area contributed by atoms with Gasteiger partial charge in [0.1, 0.15) is 6.10 Å². The molecule has 0 aliphatic carbocycles. The number of aromatic nitrogens is 2. The van der Waals surface area contributed by atoms with E-state index in [1.807, 2.05) is 13.2 Å². The predicted molar refractivity (Wildman–Crippen MR) is 53.8 cm³/mol. The monoisotopic (exact) mass is 212 g/mol. The van der Waals surface area contributed by atoms with Crippen molar-refractivity contribution in [3.8, 4) is 5.88 Å². The highest BCUT2D eigenvalue weighted by molar-refractivity contribution is 7.98. The van der Waals surface area contributed by atoms with Gasteiger partial charge in [0.15, 0.2) is 5.16 Å². The Hall–Kier alpha value is -0.810. The van der Waals surface area contributed by atoms with Gasteiger partial charge in [0.25, 0.3) is 0 Å². The van der Waals surface area contributed by atoms with Crippen LogP contribution in [0.15, 0.2) is 11.4 Å². The van der Waals surface area contributed by atoms with Crippen LogP contribution in [0.2, 0.25) is 0 Å². The van der Waals surface area contributed by atoms with Crippen LogP contribution in [0, 0.1) is 6.92 Å². The van der Waals surface area contributed by atoms with Gasteiger partial charge in [0.2, 0.25) is 5.88 Å². The fourth-order valence-corrected chi connectivity index (χ4v) is 1.40. The maximum absolute atomic E-state index is 5.63. The molecule has 1 aromatic heterocycles. The van der Waals surface area contributed by atoms with Crippen LogP contribution in [0.4, 0.5) is 0 Å². The van der Waals surface area contributed by atoms with Gasteiger partial charge in [-0.1, -0.05) is 11.8 Å². The quantitative estimate of drug-likeness (QED) is 0.558. The van der Waals surface area contributed by atoms with E-state index in [0.717, 1.165) is 10.7 Å². The van der Waals surface area contributed by atoms with Crippen molar-refractivity contribution in [2.24, 2.45) is 0 Å². The van der Waals surface area contributed by atoms with Gasteiger partial charge in [-0.25, -0.2) is 4.98 Å². The minimum atomic E-state index is 0.165. The van der Waals surface area contributed by atoms with E-state index in [1.54, 1.807) is 6.20 Å². The number of ether oxygens (including phenoxy) is 2. The molecule has 4 nitrogen and oxygen atoms in total. The van der Waals surface area contributed by atoms with E-state index in [2.05, 4.69) is 9.97 Å². The highest BCUT2D eigenvalue weighted by Crippen LogP contribution is 2.20. The zero-order valence-corrected chi connectivity index (χ0v) is 9.00. The normalized spacial score (nSPS) is 16.4. The van der Waals surface area contributed by atoms with Gasteiger partial charge in [0.05, 0.1) is 13.2 Å². The van der Waals surface area contributed by atoms with Crippen LogP contribution in [0.25, 0.3) is 0 Å².